The molecular weight excluding hydrogens is 316 g/mol. The lowest BCUT2D eigenvalue weighted by Gasteiger charge is -2.07. The molecule has 0 aliphatic carbocycles. The van der Waals surface area contributed by atoms with E-state index < -0.39 is 0 Å². The first kappa shape index (κ1) is 17.2. The van der Waals surface area contributed by atoms with Gasteiger partial charge in [0, 0.05) is 37.9 Å². The van der Waals surface area contributed by atoms with Crippen molar-refractivity contribution in [3.8, 4) is 0 Å². The van der Waals surface area contributed by atoms with Crippen LogP contribution < -0.4 is 10.6 Å². The number of benzene rings is 1. The van der Waals surface area contributed by atoms with Gasteiger partial charge >= 0.3 is 0 Å². The molecule has 0 atom stereocenters. The van der Waals surface area contributed by atoms with Gasteiger partial charge in [-0.3, -0.25) is 4.79 Å². The first-order chi connectivity index (χ1) is 11.2. The molecular formula is C16H19ClN4O2. The normalized spacial score (nSPS) is 10.3. The number of carbonyl (C=O) groups excluding carboxylic acids is 1. The molecule has 0 bridgehead atoms. The summed E-state index contributed by atoms with van der Waals surface area (Å²) >= 11 is 5.83. The van der Waals surface area contributed by atoms with Crippen LogP contribution in [0.2, 0.25) is 5.02 Å². The second kappa shape index (κ2) is 9.07. The molecule has 0 saturated heterocycles. The van der Waals surface area contributed by atoms with Gasteiger partial charge in [0.05, 0.1) is 0 Å². The molecule has 2 rings (SSSR count). The SMILES string of the molecule is COCCCNc1cc(C(=O)NCc2ccc(Cl)cc2)ncn1. The van der Waals surface area contributed by atoms with Crippen LogP contribution in [0.3, 0.4) is 0 Å². The van der Waals surface area contributed by atoms with Crippen LogP contribution in [0, 0.1) is 0 Å². The molecule has 2 N–H and O–H groups in total. The number of amides is 1. The van der Waals surface area contributed by atoms with Gasteiger partial charge in [-0.2, -0.15) is 0 Å². The zero-order valence-corrected chi connectivity index (χ0v) is 13.6. The topological polar surface area (TPSA) is 76.1 Å². The van der Waals surface area contributed by atoms with Crippen molar-refractivity contribution in [3.63, 3.8) is 0 Å². The maximum absolute atomic E-state index is 12.1. The minimum atomic E-state index is -0.248. The lowest BCUT2D eigenvalue weighted by molar-refractivity contribution is 0.0946. The fraction of sp³-hybridized carbons (Fsp3) is 0.312. The number of nitrogens with zero attached hydrogens (tertiary/aromatic N) is 2. The van der Waals surface area contributed by atoms with E-state index in [-0.39, 0.29) is 5.91 Å². The summed E-state index contributed by atoms with van der Waals surface area (Å²) in [4.78, 5) is 20.2. The van der Waals surface area contributed by atoms with Crippen molar-refractivity contribution in [2.45, 2.75) is 13.0 Å². The van der Waals surface area contributed by atoms with Crippen LogP contribution >= 0.6 is 11.6 Å². The van der Waals surface area contributed by atoms with Gasteiger partial charge in [0.25, 0.3) is 5.91 Å². The Morgan fingerprint density at radius 1 is 1.26 bits per heavy atom. The molecule has 0 spiro atoms. The predicted octanol–water partition coefficient (Wildman–Crippen LogP) is 2.51. The van der Waals surface area contributed by atoms with Gasteiger partial charge in [-0.15, -0.1) is 0 Å². The van der Waals surface area contributed by atoms with Crippen LogP contribution in [-0.4, -0.2) is 36.1 Å². The maximum atomic E-state index is 12.1. The van der Waals surface area contributed by atoms with Crippen LogP contribution in [0.15, 0.2) is 36.7 Å². The molecule has 0 unspecified atom stereocenters. The standard InChI is InChI=1S/C16H19ClN4O2/c1-23-8-2-7-18-15-9-14(20-11-21-15)16(22)19-10-12-3-5-13(17)6-4-12/h3-6,9,11H,2,7-8,10H2,1H3,(H,19,22)(H,18,20,21). The molecule has 7 heteroatoms. The lowest BCUT2D eigenvalue weighted by Crippen LogP contribution is -2.24. The van der Waals surface area contributed by atoms with E-state index in [9.17, 15) is 4.79 Å². The molecule has 122 valence electrons. The van der Waals surface area contributed by atoms with Gasteiger partial charge in [-0.25, -0.2) is 9.97 Å². The van der Waals surface area contributed by atoms with E-state index in [1.54, 1.807) is 25.3 Å². The van der Waals surface area contributed by atoms with Crippen LogP contribution in [0.1, 0.15) is 22.5 Å². The zero-order chi connectivity index (χ0) is 16.5. The molecule has 6 nitrogen and oxygen atoms in total. The van der Waals surface area contributed by atoms with E-state index in [2.05, 4.69) is 20.6 Å². The third kappa shape index (κ3) is 5.84. The highest BCUT2D eigenvalue weighted by molar-refractivity contribution is 6.30. The van der Waals surface area contributed by atoms with E-state index in [1.165, 1.54) is 6.33 Å². The van der Waals surface area contributed by atoms with Gasteiger partial charge in [0.2, 0.25) is 0 Å². The molecule has 1 aromatic heterocycles. The third-order valence-corrected chi connectivity index (χ3v) is 3.35. The summed E-state index contributed by atoms with van der Waals surface area (Å²) in [7, 11) is 1.66. The average Bonchev–Trinajstić information content (AvgIpc) is 2.58. The summed E-state index contributed by atoms with van der Waals surface area (Å²) in [6.45, 7) is 1.81. The Morgan fingerprint density at radius 2 is 2.04 bits per heavy atom. The van der Waals surface area contributed by atoms with Crippen LogP contribution in [0.5, 0.6) is 0 Å². The molecule has 0 saturated carbocycles. The fourth-order valence-electron chi connectivity index (χ4n) is 1.89. The smallest absolute Gasteiger partial charge is 0.270 e. The number of halogens is 1. The van der Waals surface area contributed by atoms with Gasteiger partial charge in [-0.05, 0) is 24.1 Å². The molecule has 23 heavy (non-hydrogen) atoms. The Morgan fingerprint density at radius 3 is 2.78 bits per heavy atom. The Kier molecular flexibility index (Phi) is 6.77. The first-order valence-electron chi connectivity index (χ1n) is 7.26. The highest BCUT2D eigenvalue weighted by atomic mass is 35.5. The molecule has 1 amide bonds. The Balaban J connectivity index is 1.87. The highest BCUT2D eigenvalue weighted by Crippen LogP contribution is 2.09. The summed E-state index contributed by atoms with van der Waals surface area (Å²) in [6, 6.07) is 8.94. The van der Waals surface area contributed by atoms with Crippen molar-refractivity contribution in [2.75, 3.05) is 25.6 Å². The van der Waals surface area contributed by atoms with Crippen LogP contribution in [0.4, 0.5) is 5.82 Å². The van der Waals surface area contributed by atoms with Crippen molar-refractivity contribution >= 4 is 23.3 Å². The van der Waals surface area contributed by atoms with E-state index in [0.29, 0.717) is 29.7 Å². The molecule has 0 fully saturated rings. The minimum absolute atomic E-state index is 0.248. The summed E-state index contributed by atoms with van der Waals surface area (Å²) < 4.78 is 4.98. The summed E-state index contributed by atoms with van der Waals surface area (Å²) in [6.07, 6.45) is 2.23. The van der Waals surface area contributed by atoms with Gasteiger partial charge in [0.1, 0.15) is 17.8 Å². The number of anilines is 1. The summed E-state index contributed by atoms with van der Waals surface area (Å²) in [5.74, 6) is 0.370. The quantitative estimate of drug-likeness (QED) is 0.725. The van der Waals surface area contributed by atoms with Gasteiger partial charge in [0.15, 0.2) is 0 Å². The molecule has 2 aromatic rings. The van der Waals surface area contributed by atoms with Crippen molar-refractivity contribution in [2.24, 2.45) is 0 Å². The number of nitrogens with one attached hydrogen (secondary N) is 2. The Bertz CT molecular complexity index is 634. The van der Waals surface area contributed by atoms with Gasteiger partial charge in [-0.1, -0.05) is 23.7 Å². The molecule has 0 aliphatic heterocycles. The van der Waals surface area contributed by atoms with Gasteiger partial charge < -0.3 is 15.4 Å². The number of rotatable bonds is 8. The van der Waals surface area contributed by atoms with Crippen LogP contribution in [-0.2, 0) is 11.3 Å². The summed E-state index contributed by atoms with van der Waals surface area (Å²) in [5.41, 5.74) is 1.29. The molecule has 1 heterocycles. The maximum Gasteiger partial charge on any atom is 0.270 e. The van der Waals surface area contributed by atoms with E-state index >= 15 is 0 Å². The van der Waals surface area contributed by atoms with E-state index in [1.807, 2.05) is 12.1 Å². The number of carbonyl (C=O) groups is 1. The second-order valence-electron chi connectivity index (χ2n) is 4.87. The Labute approximate surface area is 140 Å². The predicted molar refractivity (Wildman–Crippen MR) is 89.6 cm³/mol. The largest absolute Gasteiger partial charge is 0.385 e. The molecule has 1 aromatic carbocycles. The monoisotopic (exact) mass is 334 g/mol. The number of aromatic nitrogens is 2. The second-order valence-corrected chi connectivity index (χ2v) is 5.31. The minimum Gasteiger partial charge on any atom is -0.385 e. The lowest BCUT2D eigenvalue weighted by atomic mass is 10.2. The van der Waals surface area contributed by atoms with Crippen molar-refractivity contribution in [1.82, 2.24) is 15.3 Å². The number of methoxy groups -OCH3 is 1. The Hall–Kier alpha value is -2.18. The van der Waals surface area contributed by atoms with Crippen molar-refractivity contribution < 1.29 is 9.53 Å². The van der Waals surface area contributed by atoms with Crippen molar-refractivity contribution in [1.29, 1.82) is 0 Å². The van der Waals surface area contributed by atoms with Crippen LogP contribution in [0.25, 0.3) is 0 Å². The van der Waals surface area contributed by atoms with E-state index in [4.69, 9.17) is 16.3 Å². The third-order valence-electron chi connectivity index (χ3n) is 3.10. The first-order valence-corrected chi connectivity index (χ1v) is 7.64. The molecule has 0 radical (unpaired) electrons. The average molecular weight is 335 g/mol. The highest BCUT2D eigenvalue weighted by Gasteiger charge is 2.08. The fourth-order valence-corrected chi connectivity index (χ4v) is 2.01. The number of hydrogen-bond donors (Lipinski definition) is 2. The van der Waals surface area contributed by atoms with Crippen molar-refractivity contribution in [3.05, 3.63) is 52.9 Å². The van der Waals surface area contributed by atoms with E-state index in [0.717, 1.165) is 18.5 Å². The molecule has 0 aliphatic rings. The zero-order valence-electron chi connectivity index (χ0n) is 12.9. The number of hydrogen-bond acceptors (Lipinski definition) is 5. The number of ether oxygens (including phenoxy) is 1. The summed E-state index contributed by atoms with van der Waals surface area (Å²) in [5, 5.41) is 6.61.